The van der Waals surface area contributed by atoms with Crippen molar-refractivity contribution in [1.29, 1.82) is 0 Å². The Bertz CT molecular complexity index is 1210. The molecular formula is C56H106O14. The molecule has 0 saturated carbocycles. The number of hydrogen-bond acceptors (Lipinski definition) is 14. The molecule has 2 rings (SSSR count). The monoisotopic (exact) mass is 1000 g/mol. The molecule has 70 heavy (non-hydrogen) atoms. The lowest BCUT2D eigenvalue weighted by atomic mass is 9.98. The molecule has 2 aliphatic heterocycles. The standard InChI is InChI=1S/C56H106O14/c1-3-5-7-9-11-13-15-16-17-18-19-20-21-22-23-24-25-26-27-28-29-31-33-35-37-39-48(58)68-45(42-65-40-38-36-34-32-30-14-12-10-8-6-4-2)43-66-55-54(64)52(62)50(60)47(70-55)44-67-56-53(63)51(61)49(59)46(41-57)69-56/h8,10,45-47,49-57,59-64H,3-7,9,11-44H2,1-2H3/b10-8-. The summed E-state index contributed by atoms with van der Waals surface area (Å²) in [6.45, 7) is 3.66. The van der Waals surface area contributed by atoms with E-state index in [0.717, 1.165) is 51.4 Å². The number of rotatable bonds is 47. The Morgan fingerprint density at radius 1 is 0.457 bits per heavy atom. The normalized spacial score (nSPS) is 25.5. The highest BCUT2D eigenvalue weighted by atomic mass is 16.7. The number of carbonyl (C=O) groups is 1. The molecule has 0 aromatic rings. The Hall–Kier alpha value is -1.27. The minimum Gasteiger partial charge on any atom is -0.457 e. The maximum absolute atomic E-state index is 13.0. The molecule has 414 valence electrons. The van der Waals surface area contributed by atoms with Gasteiger partial charge in [0.1, 0.15) is 54.9 Å². The Kier molecular flexibility index (Phi) is 40.8. The largest absolute Gasteiger partial charge is 0.457 e. The molecule has 14 nitrogen and oxygen atoms in total. The number of ether oxygens (including phenoxy) is 6. The predicted molar refractivity (Wildman–Crippen MR) is 275 cm³/mol. The van der Waals surface area contributed by atoms with E-state index in [0.29, 0.717) is 13.0 Å². The third-order valence-corrected chi connectivity index (χ3v) is 14.0. The lowest BCUT2D eigenvalue weighted by molar-refractivity contribution is -0.332. The van der Waals surface area contributed by atoms with E-state index >= 15 is 0 Å². The van der Waals surface area contributed by atoms with Crippen molar-refractivity contribution in [1.82, 2.24) is 0 Å². The lowest BCUT2D eigenvalue weighted by Gasteiger charge is -2.42. The van der Waals surface area contributed by atoms with Crippen LogP contribution in [0, 0.1) is 0 Å². The molecule has 2 saturated heterocycles. The Labute approximate surface area is 425 Å². The van der Waals surface area contributed by atoms with Crippen molar-refractivity contribution in [2.24, 2.45) is 0 Å². The topological polar surface area (TPSA) is 214 Å². The third-order valence-electron chi connectivity index (χ3n) is 14.0. The number of aliphatic hydroxyl groups excluding tert-OH is 7. The number of hydrogen-bond donors (Lipinski definition) is 7. The summed E-state index contributed by atoms with van der Waals surface area (Å²) < 4.78 is 34.3. The van der Waals surface area contributed by atoms with Crippen LogP contribution in [0.25, 0.3) is 0 Å². The summed E-state index contributed by atoms with van der Waals surface area (Å²) >= 11 is 0. The minimum absolute atomic E-state index is 0.0625. The number of carbonyl (C=O) groups excluding carboxylic acids is 1. The van der Waals surface area contributed by atoms with Crippen LogP contribution in [0.15, 0.2) is 12.2 Å². The molecule has 7 N–H and O–H groups in total. The zero-order valence-electron chi connectivity index (χ0n) is 44.3. The second-order valence-corrected chi connectivity index (χ2v) is 20.5. The first kappa shape index (κ1) is 64.8. The van der Waals surface area contributed by atoms with Crippen LogP contribution >= 0.6 is 0 Å². The molecule has 0 spiro atoms. The smallest absolute Gasteiger partial charge is 0.306 e. The van der Waals surface area contributed by atoms with E-state index in [1.54, 1.807) is 0 Å². The van der Waals surface area contributed by atoms with Gasteiger partial charge in [0.15, 0.2) is 12.6 Å². The van der Waals surface area contributed by atoms with Gasteiger partial charge in [-0.25, -0.2) is 0 Å². The van der Waals surface area contributed by atoms with E-state index in [9.17, 15) is 40.5 Å². The Morgan fingerprint density at radius 2 is 0.871 bits per heavy atom. The fraction of sp³-hybridized carbons (Fsp3) is 0.946. The van der Waals surface area contributed by atoms with Crippen LogP contribution in [0.1, 0.15) is 239 Å². The third kappa shape index (κ3) is 30.8. The van der Waals surface area contributed by atoms with E-state index in [1.165, 1.54) is 161 Å². The fourth-order valence-corrected chi connectivity index (χ4v) is 9.35. The molecule has 0 aromatic carbocycles. The van der Waals surface area contributed by atoms with E-state index in [-0.39, 0.29) is 25.6 Å². The van der Waals surface area contributed by atoms with Crippen LogP contribution in [0.2, 0.25) is 0 Å². The Morgan fingerprint density at radius 3 is 1.36 bits per heavy atom. The first-order valence-corrected chi connectivity index (χ1v) is 28.8. The van der Waals surface area contributed by atoms with Gasteiger partial charge in [-0.1, -0.05) is 212 Å². The molecule has 11 atom stereocenters. The zero-order valence-corrected chi connectivity index (χ0v) is 44.3. The number of esters is 1. The van der Waals surface area contributed by atoms with Gasteiger partial charge in [0.2, 0.25) is 0 Å². The first-order chi connectivity index (χ1) is 34.1. The molecule has 2 aliphatic rings. The highest BCUT2D eigenvalue weighted by Gasteiger charge is 2.47. The van der Waals surface area contributed by atoms with E-state index < -0.39 is 80.7 Å². The molecule has 0 aromatic heterocycles. The van der Waals surface area contributed by atoms with Crippen molar-refractivity contribution in [3.63, 3.8) is 0 Å². The van der Waals surface area contributed by atoms with Gasteiger partial charge in [-0.15, -0.1) is 0 Å². The molecule has 0 radical (unpaired) electrons. The van der Waals surface area contributed by atoms with Gasteiger partial charge in [-0.05, 0) is 32.1 Å². The van der Waals surface area contributed by atoms with Gasteiger partial charge in [-0.2, -0.15) is 0 Å². The second kappa shape index (κ2) is 44.1. The molecule has 14 heteroatoms. The molecular weight excluding hydrogens is 897 g/mol. The summed E-state index contributed by atoms with van der Waals surface area (Å²) in [6.07, 6.45) is 31.5. The molecule has 0 bridgehead atoms. The average molecular weight is 1000 g/mol. The highest BCUT2D eigenvalue weighted by Crippen LogP contribution is 2.27. The van der Waals surface area contributed by atoms with Crippen LogP contribution < -0.4 is 0 Å². The van der Waals surface area contributed by atoms with Crippen molar-refractivity contribution in [3.8, 4) is 0 Å². The summed E-state index contributed by atoms with van der Waals surface area (Å²) in [7, 11) is 0. The molecule has 2 fully saturated rings. The highest BCUT2D eigenvalue weighted by molar-refractivity contribution is 5.69. The maximum Gasteiger partial charge on any atom is 0.306 e. The van der Waals surface area contributed by atoms with E-state index in [4.69, 9.17) is 28.4 Å². The SMILES string of the molecule is CCC/C=C\CCCCCCCCOCC(COC1OC(COC2OC(CO)C(O)C(O)C2O)C(O)C(O)C1O)OC(=O)CCCCCCCCCCCCCCCCCCCCCCCCCCC. The molecule has 0 amide bonds. The quantitative estimate of drug-likeness (QED) is 0.0172. The molecule has 2 heterocycles. The number of allylic oxidation sites excluding steroid dienone is 2. The minimum atomic E-state index is -1.70. The van der Waals surface area contributed by atoms with Crippen LogP contribution in [0.3, 0.4) is 0 Å². The van der Waals surface area contributed by atoms with Crippen molar-refractivity contribution in [2.45, 2.75) is 306 Å². The fourth-order valence-electron chi connectivity index (χ4n) is 9.35. The van der Waals surface area contributed by atoms with Crippen molar-refractivity contribution in [3.05, 3.63) is 12.2 Å². The summed E-state index contributed by atoms with van der Waals surface area (Å²) in [5, 5.41) is 72.2. The number of unbranched alkanes of at least 4 members (excludes halogenated alkanes) is 31. The van der Waals surface area contributed by atoms with Crippen molar-refractivity contribution in [2.75, 3.05) is 33.0 Å². The van der Waals surface area contributed by atoms with Gasteiger partial charge in [-0.3, -0.25) is 4.79 Å². The van der Waals surface area contributed by atoms with Gasteiger partial charge < -0.3 is 64.2 Å². The van der Waals surface area contributed by atoms with E-state index in [2.05, 4.69) is 26.0 Å². The molecule has 11 unspecified atom stereocenters. The van der Waals surface area contributed by atoms with Gasteiger partial charge in [0.05, 0.1) is 26.4 Å². The van der Waals surface area contributed by atoms with Crippen molar-refractivity contribution >= 4 is 5.97 Å². The zero-order chi connectivity index (χ0) is 50.9. The van der Waals surface area contributed by atoms with E-state index in [1.807, 2.05) is 0 Å². The van der Waals surface area contributed by atoms with Crippen LogP contribution in [-0.2, 0) is 33.2 Å². The van der Waals surface area contributed by atoms with Crippen LogP contribution in [0.4, 0.5) is 0 Å². The summed E-state index contributed by atoms with van der Waals surface area (Å²) in [5.74, 6) is -0.373. The summed E-state index contributed by atoms with van der Waals surface area (Å²) in [6, 6.07) is 0. The first-order valence-electron chi connectivity index (χ1n) is 28.8. The summed E-state index contributed by atoms with van der Waals surface area (Å²) in [4.78, 5) is 13.0. The van der Waals surface area contributed by atoms with Crippen LogP contribution in [-0.4, -0.2) is 142 Å². The van der Waals surface area contributed by atoms with Crippen molar-refractivity contribution < 1.29 is 69.0 Å². The molecule has 0 aliphatic carbocycles. The van der Waals surface area contributed by atoms with Gasteiger partial charge in [0.25, 0.3) is 0 Å². The second-order valence-electron chi connectivity index (χ2n) is 20.5. The van der Waals surface area contributed by atoms with Gasteiger partial charge in [0, 0.05) is 13.0 Å². The van der Waals surface area contributed by atoms with Gasteiger partial charge >= 0.3 is 5.97 Å². The lowest BCUT2D eigenvalue weighted by Crippen LogP contribution is -2.61. The number of aliphatic hydroxyl groups is 7. The maximum atomic E-state index is 13.0. The Balaban J connectivity index is 1.65. The average Bonchev–Trinajstić information content (AvgIpc) is 3.36. The predicted octanol–water partition coefficient (Wildman–Crippen LogP) is 9.80. The van der Waals surface area contributed by atoms with Crippen LogP contribution in [0.5, 0.6) is 0 Å². The summed E-state index contributed by atoms with van der Waals surface area (Å²) in [5.41, 5.74) is 0.